The Balaban J connectivity index is 2.06. The van der Waals surface area contributed by atoms with Gasteiger partial charge in [0.1, 0.15) is 5.78 Å². The molecule has 80 valence electrons. The van der Waals surface area contributed by atoms with Crippen molar-refractivity contribution in [3.63, 3.8) is 0 Å². The van der Waals surface area contributed by atoms with Crippen LogP contribution in [0.25, 0.3) is 0 Å². The largest absolute Gasteiger partial charge is 0.317 e. The Hall–Kier alpha value is -0.370. The minimum Gasteiger partial charge on any atom is -0.317 e. The summed E-state index contributed by atoms with van der Waals surface area (Å²) in [6.07, 6.45) is 6.75. The third-order valence-electron chi connectivity index (χ3n) is 3.76. The van der Waals surface area contributed by atoms with E-state index in [1.165, 1.54) is 0 Å². The van der Waals surface area contributed by atoms with E-state index in [9.17, 15) is 4.79 Å². The number of nitrogens with one attached hydrogen (secondary N) is 1. The number of piperidine rings is 1. The third kappa shape index (κ3) is 1.85. The molecule has 0 bridgehead atoms. The van der Waals surface area contributed by atoms with Crippen LogP contribution in [0.1, 0.15) is 45.4 Å². The molecule has 2 nitrogen and oxygen atoms in total. The van der Waals surface area contributed by atoms with Gasteiger partial charge in [0.2, 0.25) is 0 Å². The normalized spacial score (nSPS) is 26.1. The van der Waals surface area contributed by atoms with Gasteiger partial charge < -0.3 is 5.32 Å². The maximum atomic E-state index is 12.2. The highest BCUT2D eigenvalue weighted by Gasteiger charge is 2.45. The lowest BCUT2D eigenvalue weighted by molar-refractivity contribution is -0.132. The van der Waals surface area contributed by atoms with Crippen LogP contribution >= 0.6 is 0 Å². The molecule has 1 N–H and O–H groups in total. The molecule has 0 aromatic carbocycles. The molecule has 14 heavy (non-hydrogen) atoms. The Morgan fingerprint density at radius 1 is 1.36 bits per heavy atom. The van der Waals surface area contributed by atoms with Gasteiger partial charge in [-0.05, 0) is 45.2 Å². The average molecular weight is 195 g/mol. The van der Waals surface area contributed by atoms with Crippen molar-refractivity contribution in [1.82, 2.24) is 5.32 Å². The molecular formula is C12H21NO. The number of Topliss-reactive ketones (excluding diaryl/α,β-unsaturated/α-hetero) is 1. The molecule has 0 atom stereocenters. The van der Waals surface area contributed by atoms with Crippen LogP contribution in [0.2, 0.25) is 0 Å². The highest BCUT2D eigenvalue weighted by atomic mass is 16.1. The molecule has 2 fully saturated rings. The maximum absolute atomic E-state index is 12.2. The molecule has 0 unspecified atom stereocenters. The second-order valence-electron chi connectivity index (χ2n) is 4.92. The van der Waals surface area contributed by atoms with Gasteiger partial charge >= 0.3 is 0 Å². The summed E-state index contributed by atoms with van der Waals surface area (Å²) >= 11 is 0. The topological polar surface area (TPSA) is 29.1 Å². The number of ketones is 1. The van der Waals surface area contributed by atoms with Gasteiger partial charge in [-0.1, -0.05) is 13.3 Å². The summed E-state index contributed by atoms with van der Waals surface area (Å²) in [4.78, 5) is 12.2. The van der Waals surface area contributed by atoms with Crippen molar-refractivity contribution in [2.75, 3.05) is 13.1 Å². The van der Waals surface area contributed by atoms with Gasteiger partial charge in [-0.3, -0.25) is 4.79 Å². The first-order chi connectivity index (χ1) is 6.78. The predicted octanol–water partition coefficient (Wildman–Crippen LogP) is 2.14. The summed E-state index contributed by atoms with van der Waals surface area (Å²) in [7, 11) is 0. The van der Waals surface area contributed by atoms with E-state index in [2.05, 4.69) is 12.2 Å². The highest BCUT2D eigenvalue weighted by Crippen LogP contribution is 2.44. The van der Waals surface area contributed by atoms with E-state index in [1.807, 2.05) is 0 Å². The fraction of sp³-hybridized carbons (Fsp3) is 0.917. The van der Waals surface area contributed by atoms with E-state index in [0.717, 1.165) is 51.6 Å². The lowest BCUT2D eigenvalue weighted by Crippen LogP contribution is -2.42. The van der Waals surface area contributed by atoms with Crippen LogP contribution in [0.3, 0.4) is 0 Å². The molecule has 2 heteroatoms. The van der Waals surface area contributed by atoms with Crippen molar-refractivity contribution in [1.29, 1.82) is 0 Å². The van der Waals surface area contributed by atoms with Crippen molar-refractivity contribution in [3.8, 4) is 0 Å². The molecule has 1 heterocycles. The minimum atomic E-state index is 0.0706. The molecule has 2 rings (SSSR count). The van der Waals surface area contributed by atoms with Crippen molar-refractivity contribution >= 4 is 5.78 Å². The molecule has 1 aliphatic heterocycles. The predicted molar refractivity (Wildman–Crippen MR) is 57.2 cm³/mol. The Morgan fingerprint density at radius 2 is 2.00 bits per heavy atom. The Labute approximate surface area is 86.5 Å². The van der Waals surface area contributed by atoms with Crippen molar-refractivity contribution in [2.45, 2.75) is 45.4 Å². The van der Waals surface area contributed by atoms with E-state index in [1.54, 1.807) is 0 Å². The first-order valence-corrected chi connectivity index (χ1v) is 6.03. The van der Waals surface area contributed by atoms with E-state index < -0.39 is 0 Å². The van der Waals surface area contributed by atoms with Gasteiger partial charge in [0, 0.05) is 11.3 Å². The van der Waals surface area contributed by atoms with Crippen LogP contribution in [-0.2, 0) is 4.79 Å². The van der Waals surface area contributed by atoms with Crippen molar-refractivity contribution < 1.29 is 4.79 Å². The second-order valence-corrected chi connectivity index (χ2v) is 4.92. The highest BCUT2D eigenvalue weighted by molar-refractivity contribution is 5.89. The lowest BCUT2D eigenvalue weighted by Gasteiger charge is -2.36. The number of rotatable bonds is 4. The van der Waals surface area contributed by atoms with Crippen LogP contribution in [0, 0.1) is 11.3 Å². The Morgan fingerprint density at radius 3 is 2.50 bits per heavy atom. The molecule has 0 amide bonds. The molecule has 1 saturated heterocycles. The summed E-state index contributed by atoms with van der Waals surface area (Å²) in [5.41, 5.74) is 0.0706. The number of carbonyl (C=O) groups is 1. The Kier molecular flexibility index (Phi) is 2.91. The summed E-state index contributed by atoms with van der Waals surface area (Å²) < 4.78 is 0. The van der Waals surface area contributed by atoms with E-state index >= 15 is 0 Å². The summed E-state index contributed by atoms with van der Waals surface area (Å²) in [6, 6.07) is 0. The standard InChI is InChI=1S/C12H21NO/c1-2-5-12(6-8-13-9-7-12)11(14)10-3-4-10/h10,13H,2-9H2,1H3. The average Bonchev–Trinajstić information content (AvgIpc) is 3.02. The lowest BCUT2D eigenvalue weighted by atomic mass is 9.71. The summed E-state index contributed by atoms with van der Waals surface area (Å²) in [6.45, 7) is 4.28. The van der Waals surface area contributed by atoms with Crippen LogP contribution in [0.5, 0.6) is 0 Å². The smallest absolute Gasteiger partial charge is 0.142 e. The quantitative estimate of drug-likeness (QED) is 0.744. The van der Waals surface area contributed by atoms with Crippen LogP contribution in [0.4, 0.5) is 0 Å². The number of hydrogen-bond acceptors (Lipinski definition) is 2. The fourth-order valence-corrected chi connectivity index (χ4v) is 2.78. The first kappa shape index (κ1) is 10.2. The fourth-order valence-electron chi connectivity index (χ4n) is 2.78. The van der Waals surface area contributed by atoms with Gasteiger partial charge in [-0.15, -0.1) is 0 Å². The molecule has 2 aliphatic rings. The summed E-state index contributed by atoms with van der Waals surface area (Å²) in [5, 5.41) is 3.36. The molecular weight excluding hydrogens is 174 g/mol. The van der Waals surface area contributed by atoms with Gasteiger partial charge in [-0.25, -0.2) is 0 Å². The van der Waals surface area contributed by atoms with Gasteiger partial charge in [0.15, 0.2) is 0 Å². The van der Waals surface area contributed by atoms with Crippen molar-refractivity contribution in [3.05, 3.63) is 0 Å². The zero-order chi connectivity index (χ0) is 10.0. The van der Waals surface area contributed by atoms with Crippen molar-refractivity contribution in [2.24, 2.45) is 11.3 Å². The van der Waals surface area contributed by atoms with Gasteiger partial charge in [0.25, 0.3) is 0 Å². The van der Waals surface area contributed by atoms with Crippen LogP contribution in [-0.4, -0.2) is 18.9 Å². The molecule has 1 aliphatic carbocycles. The zero-order valence-corrected chi connectivity index (χ0v) is 9.14. The third-order valence-corrected chi connectivity index (χ3v) is 3.76. The van der Waals surface area contributed by atoms with E-state index in [4.69, 9.17) is 0 Å². The summed E-state index contributed by atoms with van der Waals surface area (Å²) in [5.74, 6) is 1.04. The monoisotopic (exact) mass is 195 g/mol. The van der Waals surface area contributed by atoms with Gasteiger partial charge in [-0.2, -0.15) is 0 Å². The molecule has 0 aromatic rings. The maximum Gasteiger partial charge on any atom is 0.142 e. The van der Waals surface area contributed by atoms with E-state index in [-0.39, 0.29) is 5.41 Å². The molecule has 0 radical (unpaired) electrons. The second kappa shape index (κ2) is 4.01. The molecule has 0 aromatic heterocycles. The van der Waals surface area contributed by atoms with E-state index in [0.29, 0.717) is 11.7 Å². The molecule has 0 spiro atoms. The Bertz CT molecular complexity index is 209. The molecule has 1 saturated carbocycles. The minimum absolute atomic E-state index is 0.0706. The van der Waals surface area contributed by atoms with Crippen LogP contribution in [0.15, 0.2) is 0 Å². The zero-order valence-electron chi connectivity index (χ0n) is 9.14. The SMILES string of the molecule is CCCC1(C(=O)C2CC2)CCNCC1. The number of hydrogen-bond donors (Lipinski definition) is 1. The number of carbonyl (C=O) groups excluding carboxylic acids is 1. The van der Waals surface area contributed by atoms with Crippen LogP contribution < -0.4 is 5.32 Å². The van der Waals surface area contributed by atoms with Gasteiger partial charge in [0.05, 0.1) is 0 Å². The first-order valence-electron chi connectivity index (χ1n) is 6.03.